The smallest absolute Gasteiger partial charge is 0.168 e. The van der Waals surface area contributed by atoms with Gasteiger partial charge in [-0.05, 0) is 35.8 Å². The highest BCUT2D eigenvalue weighted by Gasteiger charge is 2.33. The molecule has 2 atom stereocenters. The first-order valence-electron chi connectivity index (χ1n) is 8.01. The number of benzene rings is 1. The van der Waals surface area contributed by atoms with E-state index in [1.54, 1.807) is 0 Å². The van der Waals surface area contributed by atoms with Gasteiger partial charge in [-0.1, -0.05) is 30.3 Å². The molecular weight excluding hydrogens is 278 g/mol. The normalized spacial score (nSPS) is 24.3. The highest BCUT2D eigenvalue weighted by atomic mass is 16.5. The lowest BCUT2D eigenvalue weighted by Gasteiger charge is -2.36. The molecule has 1 aliphatic heterocycles. The number of rotatable bonds is 4. The molecule has 2 heterocycles. The molecule has 2 fully saturated rings. The Bertz CT molecular complexity index is 624. The zero-order valence-corrected chi connectivity index (χ0v) is 12.8. The van der Waals surface area contributed by atoms with Crippen LogP contribution in [0.25, 0.3) is 0 Å². The first-order chi connectivity index (χ1) is 10.8. The second-order valence-electron chi connectivity index (χ2n) is 6.15. The molecule has 0 spiro atoms. The number of morpholine rings is 1. The highest BCUT2D eigenvalue weighted by Crippen LogP contribution is 2.36. The maximum atomic E-state index is 5.95. The second kappa shape index (κ2) is 5.78. The first kappa shape index (κ1) is 13.8. The van der Waals surface area contributed by atoms with Crippen molar-refractivity contribution >= 4 is 0 Å². The van der Waals surface area contributed by atoms with Gasteiger partial charge in [0.2, 0.25) is 0 Å². The minimum atomic E-state index is 0.127. The predicted octanol–water partition coefficient (Wildman–Crippen LogP) is 2.14. The van der Waals surface area contributed by atoms with Crippen molar-refractivity contribution in [2.45, 2.75) is 38.0 Å². The average molecular weight is 299 g/mol. The lowest BCUT2D eigenvalue weighted by molar-refractivity contribution is -0.0447. The highest BCUT2D eigenvalue weighted by molar-refractivity contribution is 5.18. The quantitative estimate of drug-likeness (QED) is 0.866. The van der Waals surface area contributed by atoms with Gasteiger partial charge in [-0.15, -0.1) is 5.10 Å². The molecule has 1 saturated heterocycles. The fraction of sp³-hybridized carbons (Fsp3) is 0.562. The molecule has 22 heavy (non-hydrogen) atoms. The van der Waals surface area contributed by atoms with Gasteiger partial charge in [0.15, 0.2) is 5.82 Å². The third-order valence-electron chi connectivity index (χ3n) is 4.60. The Kier molecular flexibility index (Phi) is 3.63. The molecule has 1 saturated carbocycles. The van der Waals surface area contributed by atoms with Crippen LogP contribution >= 0.6 is 0 Å². The zero-order valence-electron chi connectivity index (χ0n) is 12.8. The maximum absolute atomic E-state index is 5.95. The van der Waals surface area contributed by atoms with Crippen molar-refractivity contribution in [3.63, 3.8) is 0 Å². The van der Waals surface area contributed by atoms with Gasteiger partial charge in [-0.25, -0.2) is 4.68 Å². The van der Waals surface area contributed by atoms with E-state index in [0.717, 1.165) is 25.5 Å². The average Bonchev–Trinajstić information content (AvgIpc) is 3.32. The summed E-state index contributed by atoms with van der Waals surface area (Å²) in [6.45, 7) is 4.73. The van der Waals surface area contributed by atoms with E-state index in [-0.39, 0.29) is 12.1 Å². The summed E-state index contributed by atoms with van der Waals surface area (Å²) in [5.74, 6) is 0.983. The van der Waals surface area contributed by atoms with Crippen LogP contribution in [0, 0.1) is 0 Å². The van der Waals surface area contributed by atoms with Crippen LogP contribution in [-0.4, -0.2) is 44.8 Å². The number of tetrazole rings is 1. The van der Waals surface area contributed by atoms with Crippen molar-refractivity contribution in [1.82, 2.24) is 25.1 Å². The fourth-order valence-corrected chi connectivity index (χ4v) is 3.11. The van der Waals surface area contributed by atoms with Crippen LogP contribution in [0.4, 0.5) is 0 Å². The van der Waals surface area contributed by atoms with E-state index in [9.17, 15) is 0 Å². The summed E-state index contributed by atoms with van der Waals surface area (Å²) in [5, 5.41) is 12.3. The van der Waals surface area contributed by atoms with E-state index >= 15 is 0 Å². The van der Waals surface area contributed by atoms with Crippen molar-refractivity contribution < 1.29 is 4.74 Å². The van der Waals surface area contributed by atoms with Crippen molar-refractivity contribution in [2.75, 3.05) is 19.7 Å². The van der Waals surface area contributed by atoms with Crippen molar-refractivity contribution in [3.8, 4) is 0 Å². The van der Waals surface area contributed by atoms with E-state index in [4.69, 9.17) is 4.74 Å². The standard InChI is InChI=1S/C16H21N5O/c1-12(16-17-18-19-21(16)14-7-8-14)20-9-10-22-15(11-20)13-5-3-2-4-6-13/h2-6,12,14-15H,7-11H2,1H3. The summed E-state index contributed by atoms with van der Waals surface area (Å²) in [7, 11) is 0. The van der Waals surface area contributed by atoms with Gasteiger partial charge in [0, 0.05) is 13.1 Å². The second-order valence-corrected chi connectivity index (χ2v) is 6.15. The molecule has 116 valence electrons. The van der Waals surface area contributed by atoms with E-state index < -0.39 is 0 Å². The van der Waals surface area contributed by atoms with Crippen LogP contribution in [0.2, 0.25) is 0 Å². The molecule has 1 aliphatic carbocycles. The summed E-state index contributed by atoms with van der Waals surface area (Å²) < 4.78 is 7.96. The maximum Gasteiger partial charge on any atom is 0.168 e. The predicted molar refractivity (Wildman–Crippen MR) is 81.2 cm³/mol. The molecule has 0 bridgehead atoms. The summed E-state index contributed by atoms with van der Waals surface area (Å²) in [6, 6.07) is 11.2. The molecular formula is C16H21N5O. The van der Waals surface area contributed by atoms with Crippen LogP contribution in [0.15, 0.2) is 30.3 Å². The van der Waals surface area contributed by atoms with Crippen molar-refractivity contribution in [1.29, 1.82) is 0 Å². The van der Waals surface area contributed by atoms with Gasteiger partial charge in [0.05, 0.1) is 24.8 Å². The molecule has 6 heteroatoms. The third-order valence-corrected chi connectivity index (χ3v) is 4.60. The number of ether oxygens (including phenoxy) is 1. The Labute approximate surface area is 130 Å². The SMILES string of the molecule is CC(c1nnnn1C1CC1)N1CCOC(c2ccccc2)C1. The van der Waals surface area contributed by atoms with Crippen LogP contribution in [0.3, 0.4) is 0 Å². The third kappa shape index (κ3) is 2.64. The Balaban J connectivity index is 1.51. The van der Waals surface area contributed by atoms with E-state index in [2.05, 4.69) is 51.6 Å². The van der Waals surface area contributed by atoms with Crippen LogP contribution in [-0.2, 0) is 4.74 Å². The Morgan fingerprint density at radius 1 is 1.23 bits per heavy atom. The topological polar surface area (TPSA) is 56.1 Å². The summed E-state index contributed by atoms with van der Waals surface area (Å²) in [6.07, 6.45) is 2.52. The molecule has 6 nitrogen and oxygen atoms in total. The number of nitrogens with zero attached hydrogens (tertiary/aromatic N) is 5. The van der Waals surface area contributed by atoms with Gasteiger partial charge in [0.1, 0.15) is 0 Å². The number of aromatic nitrogens is 4. The minimum absolute atomic E-state index is 0.127. The van der Waals surface area contributed by atoms with Gasteiger partial charge < -0.3 is 4.74 Å². The van der Waals surface area contributed by atoms with Gasteiger partial charge >= 0.3 is 0 Å². The molecule has 0 radical (unpaired) electrons. The van der Waals surface area contributed by atoms with Gasteiger partial charge in [0.25, 0.3) is 0 Å². The molecule has 0 amide bonds. The fourth-order valence-electron chi connectivity index (χ4n) is 3.11. The summed E-state index contributed by atoms with van der Waals surface area (Å²) in [5.41, 5.74) is 1.24. The van der Waals surface area contributed by atoms with E-state index in [0.29, 0.717) is 6.04 Å². The Hall–Kier alpha value is -1.79. The Morgan fingerprint density at radius 3 is 2.82 bits per heavy atom. The monoisotopic (exact) mass is 299 g/mol. The zero-order chi connectivity index (χ0) is 14.9. The molecule has 2 unspecified atom stereocenters. The molecule has 1 aromatic heterocycles. The summed E-state index contributed by atoms with van der Waals surface area (Å²) in [4.78, 5) is 2.42. The number of hydrogen-bond donors (Lipinski definition) is 0. The van der Waals surface area contributed by atoms with Crippen molar-refractivity contribution in [2.24, 2.45) is 0 Å². The molecule has 4 rings (SSSR count). The molecule has 0 N–H and O–H groups in total. The van der Waals surface area contributed by atoms with Crippen LogP contribution in [0.5, 0.6) is 0 Å². The van der Waals surface area contributed by atoms with Crippen molar-refractivity contribution in [3.05, 3.63) is 41.7 Å². The van der Waals surface area contributed by atoms with Crippen LogP contribution in [0.1, 0.15) is 49.3 Å². The lowest BCUT2D eigenvalue weighted by atomic mass is 10.1. The largest absolute Gasteiger partial charge is 0.371 e. The lowest BCUT2D eigenvalue weighted by Crippen LogP contribution is -2.40. The summed E-state index contributed by atoms with van der Waals surface area (Å²) >= 11 is 0. The van der Waals surface area contributed by atoms with E-state index in [1.165, 1.54) is 18.4 Å². The first-order valence-corrected chi connectivity index (χ1v) is 8.01. The van der Waals surface area contributed by atoms with Gasteiger partial charge in [-0.3, -0.25) is 4.90 Å². The molecule has 2 aromatic rings. The van der Waals surface area contributed by atoms with Gasteiger partial charge in [-0.2, -0.15) is 0 Å². The minimum Gasteiger partial charge on any atom is -0.371 e. The molecule has 2 aliphatic rings. The van der Waals surface area contributed by atoms with Crippen LogP contribution < -0.4 is 0 Å². The Morgan fingerprint density at radius 2 is 2.05 bits per heavy atom. The molecule has 1 aromatic carbocycles. The number of hydrogen-bond acceptors (Lipinski definition) is 5. The van der Waals surface area contributed by atoms with E-state index in [1.807, 2.05) is 10.7 Å².